The summed E-state index contributed by atoms with van der Waals surface area (Å²) in [6.07, 6.45) is 0. The molecule has 0 amide bonds. The largest absolute Gasteiger partial charge is 0.496 e. The highest BCUT2D eigenvalue weighted by Crippen LogP contribution is 2.21. The first-order chi connectivity index (χ1) is 7.29. The van der Waals surface area contributed by atoms with Crippen LogP contribution in [0.5, 0.6) is 5.75 Å². The quantitative estimate of drug-likeness (QED) is 0.722. The SMILES string of the molecule is COc1[c]ccc(N2CCN(C)CC2)c1. The second kappa shape index (κ2) is 4.53. The molecule has 1 aliphatic heterocycles. The van der Waals surface area contributed by atoms with Crippen LogP contribution in [0.1, 0.15) is 0 Å². The summed E-state index contributed by atoms with van der Waals surface area (Å²) in [5, 5.41) is 0. The summed E-state index contributed by atoms with van der Waals surface area (Å²) in [5.74, 6) is 0.812. The van der Waals surface area contributed by atoms with Crippen LogP contribution in [0.4, 0.5) is 5.69 Å². The molecule has 0 N–H and O–H groups in total. The van der Waals surface area contributed by atoms with E-state index >= 15 is 0 Å². The number of benzene rings is 1. The average Bonchev–Trinajstić information content (AvgIpc) is 2.30. The molecule has 0 aliphatic carbocycles. The second-order valence-electron chi connectivity index (χ2n) is 3.91. The topological polar surface area (TPSA) is 15.7 Å². The summed E-state index contributed by atoms with van der Waals surface area (Å²) in [5.41, 5.74) is 1.23. The van der Waals surface area contributed by atoms with Crippen molar-refractivity contribution in [1.82, 2.24) is 4.90 Å². The molecule has 0 saturated carbocycles. The first-order valence-electron chi connectivity index (χ1n) is 5.29. The van der Waals surface area contributed by atoms with Gasteiger partial charge in [-0.3, -0.25) is 0 Å². The Morgan fingerprint density at radius 1 is 1.27 bits per heavy atom. The lowest BCUT2D eigenvalue weighted by Crippen LogP contribution is -2.44. The molecule has 0 unspecified atom stereocenters. The van der Waals surface area contributed by atoms with E-state index in [0.29, 0.717) is 0 Å². The van der Waals surface area contributed by atoms with Crippen molar-refractivity contribution in [2.45, 2.75) is 0 Å². The maximum absolute atomic E-state index is 5.17. The number of methoxy groups -OCH3 is 1. The van der Waals surface area contributed by atoms with Crippen LogP contribution in [0.15, 0.2) is 18.2 Å². The zero-order chi connectivity index (χ0) is 10.7. The average molecular weight is 205 g/mol. The van der Waals surface area contributed by atoms with Gasteiger partial charge in [-0.2, -0.15) is 0 Å². The summed E-state index contributed by atoms with van der Waals surface area (Å²) in [6.45, 7) is 4.43. The van der Waals surface area contributed by atoms with Crippen LogP contribution in [0.2, 0.25) is 0 Å². The Kier molecular flexibility index (Phi) is 3.11. The number of nitrogens with zero attached hydrogens (tertiary/aromatic N) is 2. The van der Waals surface area contributed by atoms with Crippen LogP contribution in [0.3, 0.4) is 0 Å². The molecule has 0 spiro atoms. The number of piperazine rings is 1. The van der Waals surface area contributed by atoms with Gasteiger partial charge in [0.2, 0.25) is 0 Å². The molecule has 1 saturated heterocycles. The van der Waals surface area contributed by atoms with E-state index in [0.717, 1.165) is 31.9 Å². The molecular formula is C12H17N2O. The van der Waals surface area contributed by atoms with Crippen molar-refractivity contribution in [3.63, 3.8) is 0 Å². The second-order valence-corrected chi connectivity index (χ2v) is 3.91. The van der Waals surface area contributed by atoms with Crippen molar-refractivity contribution < 1.29 is 4.74 Å². The molecule has 0 aromatic heterocycles. The lowest BCUT2D eigenvalue weighted by molar-refractivity contribution is 0.312. The van der Waals surface area contributed by atoms with Gasteiger partial charge in [0.05, 0.1) is 7.11 Å². The van der Waals surface area contributed by atoms with Crippen LogP contribution >= 0.6 is 0 Å². The number of likely N-dealkylation sites (N-methyl/N-ethyl adjacent to an activating group) is 1. The molecule has 1 aromatic rings. The van der Waals surface area contributed by atoms with E-state index in [9.17, 15) is 0 Å². The van der Waals surface area contributed by atoms with E-state index in [1.807, 2.05) is 12.1 Å². The number of ether oxygens (including phenoxy) is 1. The molecule has 1 radical (unpaired) electrons. The van der Waals surface area contributed by atoms with Gasteiger partial charge in [0, 0.05) is 44.0 Å². The van der Waals surface area contributed by atoms with Crippen LogP contribution in [0, 0.1) is 6.07 Å². The fourth-order valence-corrected chi connectivity index (χ4v) is 1.81. The van der Waals surface area contributed by atoms with Gasteiger partial charge in [0.1, 0.15) is 5.75 Å². The van der Waals surface area contributed by atoms with Crippen LogP contribution in [0.25, 0.3) is 0 Å². The van der Waals surface area contributed by atoms with Gasteiger partial charge < -0.3 is 14.5 Å². The van der Waals surface area contributed by atoms with E-state index in [2.05, 4.69) is 29.0 Å². The first-order valence-corrected chi connectivity index (χ1v) is 5.29. The standard InChI is InChI=1S/C12H17N2O/c1-13-6-8-14(9-7-13)11-4-3-5-12(10-11)15-2/h3-4,10H,6-9H2,1-2H3. The number of anilines is 1. The molecular weight excluding hydrogens is 188 g/mol. The third-order valence-electron chi connectivity index (χ3n) is 2.85. The fourth-order valence-electron chi connectivity index (χ4n) is 1.81. The Morgan fingerprint density at radius 3 is 2.67 bits per heavy atom. The van der Waals surface area contributed by atoms with E-state index < -0.39 is 0 Å². The maximum Gasteiger partial charge on any atom is 0.128 e. The minimum atomic E-state index is 0.812. The number of rotatable bonds is 2. The van der Waals surface area contributed by atoms with Gasteiger partial charge in [0.25, 0.3) is 0 Å². The zero-order valence-corrected chi connectivity index (χ0v) is 9.36. The zero-order valence-electron chi connectivity index (χ0n) is 9.36. The molecule has 0 atom stereocenters. The Balaban J connectivity index is 2.08. The minimum Gasteiger partial charge on any atom is -0.496 e. The monoisotopic (exact) mass is 205 g/mol. The van der Waals surface area contributed by atoms with Crippen molar-refractivity contribution in [3.8, 4) is 5.75 Å². The molecule has 1 aromatic carbocycles. The third-order valence-corrected chi connectivity index (χ3v) is 2.85. The van der Waals surface area contributed by atoms with E-state index in [4.69, 9.17) is 4.74 Å². The predicted molar refractivity (Wildman–Crippen MR) is 61.5 cm³/mol. The molecule has 1 fully saturated rings. The lowest BCUT2D eigenvalue weighted by Gasteiger charge is -2.34. The summed E-state index contributed by atoms with van der Waals surface area (Å²) >= 11 is 0. The molecule has 15 heavy (non-hydrogen) atoms. The molecule has 3 nitrogen and oxygen atoms in total. The Morgan fingerprint density at radius 2 is 2.00 bits per heavy atom. The summed E-state index contributed by atoms with van der Waals surface area (Å²) in [7, 11) is 3.84. The predicted octanol–water partition coefficient (Wildman–Crippen LogP) is 1.25. The Hall–Kier alpha value is -1.22. The van der Waals surface area contributed by atoms with Crippen molar-refractivity contribution in [3.05, 3.63) is 24.3 Å². The highest BCUT2D eigenvalue weighted by atomic mass is 16.5. The Labute approximate surface area is 91.2 Å². The van der Waals surface area contributed by atoms with Crippen molar-refractivity contribution >= 4 is 5.69 Å². The van der Waals surface area contributed by atoms with Gasteiger partial charge in [-0.05, 0) is 19.2 Å². The van der Waals surface area contributed by atoms with Crippen molar-refractivity contribution in [2.24, 2.45) is 0 Å². The highest BCUT2D eigenvalue weighted by molar-refractivity contribution is 5.50. The van der Waals surface area contributed by atoms with Crippen LogP contribution in [-0.4, -0.2) is 45.2 Å². The van der Waals surface area contributed by atoms with Crippen molar-refractivity contribution in [1.29, 1.82) is 0 Å². The van der Waals surface area contributed by atoms with Gasteiger partial charge in [-0.25, -0.2) is 0 Å². The Bertz CT molecular complexity index is 319. The van der Waals surface area contributed by atoms with Gasteiger partial charge >= 0.3 is 0 Å². The summed E-state index contributed by atoms with van der Waals surface area (Å²) in [6, 6.07) is 9.11. The smallest absolute Gasteiger partial charge is 0.128 e. The maximum atomic E-state index is 5.17. The lowest BCUT2D eigenvalue weighted by atomic mass is 10.2. The first kappa shape index (κ1) is 10.3. The van der Waals surface area contributed by atoms with Crippen molar-refractivity contribution in [2.75, 3.05) is 45.2 Å². The van der Waals surface area contributed by atoms with Crippen LogP contribution in [-0.2, 0) is 0 Å². The van der Waals surface area contributed by atoms with Gasteiger partial charge in [0.15, 0.2) is 0 Å². The third kappa shape index (κ3) is 2.42. The van der Waals surface area contributed by atoms with Gasteiger partial charge in [-0.15, -0.1) is 0 Å². The van der Waals surface area contributed by atoms with Gasteiger partial charge in [-0.1, -0.05) is 0 Å². The number of hydrogen-bond acceptors (Lipinski definition) is 3. The minimum absolute atomic E-state index is 0.812. The summed E-state index contributed by atoms with van der Waals surface area (Å²) in [4.78, 5) is 4.74. The normalized spacial score (nSPS) is 17.9. The van der Waals surface area contributed by atoms with Crippen LogP contribution < -0.4 is 9.64 Å². The summed E-state index contributed by atoms with van der Waals surface area (Å²) < 4.78 is 5.17. The molecule has 0 bridgehead atoms. The highest BCUT2D eigenvalue weighted by Gasteiger charge is 2.14. The molecule has 2 rings (SSSR count). The fraction of sp³-hybridized carbons (Fsp3) is 0.500. The molecule has 3 heteroatoms. The van der Waals surface area contributed by atoms with E-state index in [1.165, 1.54) is 5.69 Å². The van der Waals surface area contributed by atoms with E-state index in [-0.39, 0.29) is 0 Å². The molecule has 1 heterocycles. The number of hydrogen-bond donors (Lipinski definition) is 0. The molecule has 81 valence electrons. The molecule has 1 aliphatic rings. The van der Waals surface area contributed by atoms with E-state index in [1.54, 1.807) is 7.11 Å².